The Labute approximate surface area is 655 Å². The summed E-state index contributed by atoms with van der Waals surface area (Å²) in [7, 11) is -9.40. The second-order valence-electron chi connectivity index (χ2n) is 25.5. The number of nitrogen functional groups attached to an aromatic ring is 1. The number of likely N-dealkylation sites (tertiary alicyclic amines) is 1. The summed E-state index contributed by atoms with van der Waals surface area (Å²) in [5, 5.41) is 68.7. The van der Waals surface area contributed by atoms with Crippen LogP contribution in [-0.2, 0) is 81.0 Å². The molecule has 8 atom stereocenters. The Morgan fingerprint density at radius 2 is 1.31 bits per heavy atom. The smallest absolute Gasteiger partial charge is 0.744 e. The number of aromatic hydroxyl groups is 1. The van der Waals surface area contributed by atoms with E-state index in [1.807, 2.05) is 0 Å². The molecular weight excluding hydrogens is 1490 g/mol. The van der Waals surface area contributed by atoms with Gasteiger partial charge in [0.2, 0.25) is 58.5 Å². The minimum atomic E-state index is -5.55. The molecular formula is C68H76Li2N12O23S4. The van der Waals surface area contributed by atoms with Crippen LogP contribution in [0.3, 0.4) is 0 Å². The average molecular weight is 1570 g/mol. The van der Waals surface area contributed by atoms with Crippen molar-refractivity contribution in [2.75, 3.05) is 36.9 Å². The van der Waals surface area contributed by atoms with Crippen LogP contribution in [0, 0.1) is 5.92 Å². The van der Waals surface area contributed by atoms with Gasteiger partial charge in [-0.3, -0.25) is 58.1 Å². The third-order valence-corrected chi connectivity index (χ3v) is 21.4. The Bertz CT molecular complexity index is 4720. The van der Waals surface area contributed by atoms with Crippen molar-refractivity contribution in [1.82, 2.24) is 47.4 Å². The van der Waals surface area contributed by atoms with Crippen LogP contribution in [0.1, 0.15) is 90.6 Å². The van der Waals surface area contributed by atoms with Gasteiger partial charge in [0.05, 0.1) is 18.1 Å². The number of nitrogens with one attached hydrogen (secondary N) is 8. The van der Waals surface area contributed by atoms with Crippen LogP contribution >= 0.6 is 21.6 Å². The molecule has 2 fully saturated rings. The van der Waals surface area contributed by atoms with Crippen molar-refractivity contribution in [3.05, 3.63) is 125 Å². The van der Waals surface area contributed by atoms with Gasteiger partial charge in [-0.05, 0) is 104 Å². The number of benzene rings is 5. The number of hydrogen-bond acceptors (Lipinski definition) is 25. The van der Waals surface area contributed by atoms with Gasteiger partial charge in [-0.15, -0.1) is 0 Å². The Kier molecular flexibility index (Phi) is 31.8. The Balaban J connectivity index is 0.00000928. The van der Waals surface area contributed by atoms with Gasteiger partial charge in [-0.25, -0.2) is 16.8 Å². The number of carbonyl (C=O) groups is 12. The van der Waals surface area contributed by atoms with Gasteiger partial charge in [0.1, 0.15) is 85.8 Å². The molecule has 0 radical (unpaired) electrons. The number of aromatic carboxylic acids is 1. The summed E-state index contributed by atoms with van der Waals surface area (Å²) in [4.78, 5) is 164. The van der Waals surface area contributed by atoms with E-state index in [2.05, 4.69) is 42.5 Å². The molecule has 0 spiro atoms. The third kappa shape index (κ3) is 23.5. The zero-order chi connectivity index (χ0) is 78.4. The summed E-state index contributed by atoms with van der Waals surface area (Å²) in [6.07, 6.45) is -3.19. The van der Waals surface area contributed by atoms with Crippen molar-refractivity contribution in [1.29, 1.82) is 0 Å². The number of primary amides is 1. The number of amides is 10. The second kappa shape index (κ2) is 39.2. The van der Waals surface area contributed by atoms with Crippen molar-refractivity contribution < 1.29 is 151 Å². The molecule has 1 aliphatic carbocycles. The molecule has 35 nitrogen and oxygen atoms in total. The normalized spacial score (nSPS) is 19.4. The Morgan fingerprint density at radius 3 is 1.93 bits per heavy atom. The molecule has 4 aliphatic rings. The number of anilines is 1. The largest absolute Gasteiger partial charge is 1.00 e. The summed E-state index contributed by atoms with van der Waals surface area (Å²) < 4.78 is 81.1. The van der Waals surface area contributed by atoms with Crippen LogP contribution in [0.15, 0.2) is 111 Å². The van der Waals surface area contributed by atoms with Gasteiger partial charge in [0.25, 0.3) is 5.91 Å². The van der Waals surface area contributed by atoms with Crippen LogP contribution in [0.25, 0.3) is 33.4 Å². The monoisotopic (exact) mass is 1570 g/mol. The van der Waals surface area contributed by atoms with Gasteiger partial charge < -0.3 is 97.6 Å². The van der Waals surface area contributed by atoms with Gasteiger partial charge in [-0.1, -0.05) is 84.0 Å². The predicted molar refractivity (Wildman–Crippen MR) is 377 cm³/mol. The molecule has 572 valence electrons. The van der Waals surface area contributed by atoms with E-state index in [-0.39, 0.29) is 147 Å². The van der Waals surface area contributed by atoms with E-state index in [0.29, 0.717) is 11.1 Å². The first kappa shape index (κ1) is 88.4. The SMILES string of the molecule is CC(C)C[C@@H]1NC(=O)[C@H](Cc2ccccc2)NC(=O)[C@H](Cc2ccc(O)cc2)NC(=O)C(O)CSSC[C@@H](C(=O)N2CCC[C@H]2C(=O)N[C@@H](CCCCNC(=O)c2ccc(-c3c4ccc(=[NH2+])c(S(=O)(=O)[O-])c-4oc4c(S(=O)(=O)[O-])c(N)ccc34)c(C(=O)[O-])c2)C(=O)NCC(=O)O)NC(=O)[C@H](CC(N)=O)NC1=O.[Li+].[Li+]. The average Bonchev–Trinajstić information content (AvgIpc) is 1.06. The molecule has 3 heterocycles. The van der Waals surface area contributed by atoms with Crippen LogP contribution in [-0.4, -0.2) is 197 Å². The number of nitrogens with two attached hydrogens (primary N) is 3. The number of carboxylic acid groups (broad SMARTS) is 2. The summed E-state index contributed by atoms with van der Waals surface area (Å²) >= 11 is 0. The molecule has 10 amide bonds. The number of phenols is 1. The number of carboxylic acids is 2. The molecule has 2 saturated heterocycles. The van der Waals surface area contributed by atoms with Crippen LogP contribution < -0.4 is 108 Å². The minimum absolute atomic E-state index is 0. The molecule has 17 N–H and O–H groups in total. The number of unbranched alkanes of at least 4 members (excludes halogenated alkanes) is 1. The van der Waals surface area contributed by atoms with Crippen molar-refractivity contribution in [2.24, 2.45) is 11.7 Å². The Hall–Kier alpha value is -9.52. The van der Waals surface area contributed by atoms with Gasteiger partial charge in [0, 0.05) is 71.1 Å². The molecule has 4 aromatic rings. The Morgan fingerprint density at radius 1 is 0.725 bits per heavy atom. The molecule has 0 saturated carbocycles. The van der Waals surface area contributed by atoms with E-state index in [1.54, 1.807) is 44.2 Å². The van der Waals surface area contributed by atoms with E-state index in [9.17, 15) is 104 Å². The first-order valence-electron chi connectivity index (χ1n) is 33.1. The number of nitrogens with zero attached hydrogens (tertiary/aromatic N) is 1. The fraction of sp³-hybridized carbons (Fsp3) is 0.368. The van der Waals surface area contributed by atoms with E-state index in [1.165, 1.54) is 24.3 Å². The molecule has 0 bridgehead atoms. The first-order chi connectivity index (χ1) is 50.5. The van der Waals surface area contributed by atoms with Crippen molar-refractivity contribution in [3.8, 4) is 28.2 Å². The molecule has 1 unspecified atom stereocenters. The third-order valence-electron chi connectivity index (χ3n) is 17.2. The summed E-state index contributed by atoms with van der Waals surface area (Å²) in [6.45, 7) is 2.22. The van der Waals surface area contributed by atoms with E-state index < -0.39 is 196 Å². The zero-order valence-electron chi connectivity index (χ0n) is 59.2. The van der Waals surface area contributed by atoms with E-state index >= 15 is 0 Å². The van der Waals surface area contributed by atoms with E-state index in [4.69, 9.17) is 21.3 Å². The van der Waals surface area contributed by atoms with Crippen LogP contribution in [0.4, 0.5) is 5.69 Å². The second-order valence-corrected chi connectivity index (χ2v) is 30.7. The number of hydrogen-bond donors (Lipinski definition) is 14. The first-order valence-corrected chi connectivity index (χ1v) is 38.4. The van der Waals surface area contributed by atoms with Crippen LogP contribution in [0.2, 0.25) is 0 Å². The number of aliphatic hydroxyl groups is 1. The number of carbonyl (C=O) groups excluding carboxylic acids is 11. The maximum atomic E-state index is 14.9. The number of aliphatic carboxylic acids is 1. The zero-order valence-corrected chi connectivity index (χ0v) is 62.4. The number of fused-ring (bicyclic) bond motifs is 2. The van der Waals surface area contributed by atoms with E-state index in [0.717, 1.165) is 69.0 Å². The maximum Gasteiger partial charge on any atom is 1.00 e. The fourth-order valence-corrected chi connectivity index (χ4v) is 15.7. The summed E-state index contributed by atoms with van der Waals surface area (Å²) in [5.41, 5.74) is 8.84. The maximum absolute atomic E-state index is 14.9. The topological polar surface area (TPSA) is 593 Å². The number of rotatable bonds is 24. The van der Waals surface area contributed by atoms with Gasteiger partial charge in [0.15, 0.2) is 16.2 Å². The molecule has 109 heavy (non-hydrogen) atoms. The fourth-order valence-electron chi connectivity index (χ4n) is 12.1. The standard InChI is InChI=1S/C68H78N12O23S4.2Li/c1-33(2)25-45-61(88)77-48(29-52(71)83)64(91)79-49(31-104-105-32-51(82)66(93)78-47(27-35-13-16-37(81)17-14-35)63(90)76-46(62(89)75-45)26-34-9-4-3-5-10-34)67(94)80-24-8-12-50(80)65(92)74-44(60(87)73-30-53(84)85)11-6-7-23-72-59(86)36-15-18-38(41(28-36)68(95)96)54-39-19-21-42(69)57(106(97,98)99)55(39)103-56-40(54)20-22-43(70)58(56)107(100,101)102;;/h3-5,9-10,13-22,28,33,44-51,69,81-82H,6-8,11-12,23-27,29-32,70H2,1-2H3,(H2,71,83)(H,72,86)(H,73,87)(H,74,92)(H,75,89)(H,76,90)(H,77,88)(H,78,93)(H,79,91)(H,84,85)(H,95,96)(H,97,98,99)(H,100,101,102);;/q;2*+1/p-2/t44-,45-,46-,47-,48-,49-,50-,51?;;/m0../s1. The summed E-state index contributed by atoms with van der Waals surface area (Å²) in [5.74, 6) is -15.2. The molecule has 0 aromatic heterocycles. The van der Waals surface area contributed by atoms with Crippen molar-refractivity contribution in [2.45, 2.75) is 130 Å². The molecule has 3 aliphatic heterocycles. The van der Waals surface area contributed by atoms with Crippen molar-refractivity contribution >= 4 is 129 Å². The number of aliphatic hydroxyl groups excluding tert-OH is 1. The predicted octanol–water partition coefficient (Wildman–Crippen LogP) is -9.50. The molecule has 4 aromatic carbocycles. The van der Waals surface area contributed by atoms with Crippen molar-refractivity contribution in [3.63, 3.8) is 0 Å². The van der Waals surface area contributed by atoms with Gasteiger partial charge in [-0.2, -0.15) is 0 Å². The number of phenolic OH excluding ortho intramolecular Hbond substituents is 1. The summed E-state index contributed by atoms with van der Waals surface area (Å²) in [6, 6.07) is 10.7. The molecule has 41 heteroatoms. The van der Waals surface area contributed by atoms with Gasteiger partial charge >= 0.3 is 43.7 Å². The minimum Gasteiger partial charge on any atom is -0.744 e. The molecule has 8 rings (SSSR count). The van der Waals surface area contributed by atoms with Crippen LogP contribution in [0.5, 0.6) is 5.75 Å². The quantitative estimate of drug-likeness (QED) is 0.00668.